The summed E-state index contributed by atoms with van der Waals surface area (Å²) in [6, 6.07) is 7.41. The number of likely N-dealkylation sites (tertiary alicyclic amines) is 1. The van der Waals surface area contributed by atoms with Gasteiger partial charge in [0.25, 0.3) is 5.91 Å². The van der Waals surface area contributed by atoms with Crippen LogP contribution >= 0.6 is 0 Å². The molecular formula is C19H20N4O3. The summed E-state index contributed by atoms with van der Waals surface area (Å²) >= 11 is 0. The summed E-state index contributed by atoms with van der Waals surface area (Å²) in [4.78, 5) is 23.6. The van der Waals surface area contributed by atoms with E-state index >= 15 is 0 Å². The van der Waals surface area contributed by atoms with Gasteiger partial charge in [-0.15, -0.1) is 0 Å². The maximum absolute atomic E-state index is 13.2. The van der Waals surface area contributed by atoms with Crippen molar-refractivity contribution in [2.75, 3.05) is 6.54 Å². The maximum Gasteiger partial charge on any atom is 0.256 e. The predicted octanol–water partition coefficient (Wildman–Crippen LogP) is 2.49. The highest BCUT2D eigenvalue weighted by Crippen LogP contribution is 2.33. The Morgan fingerprint density at radius 2 is 2.04 bits per heavy atom. The van der Waals surface area contributed by atoms with Crippen LogP contribution in [0.5, 0.6) is 0 Å². The van der Waals surface area contributed by atoms with Gasteiger partial charge in [0.05, 0.1) is 22.9 Å². The minimum atomic E-state index is -0.618. The number of aromatic nitrogens is 3. The first kappa shape index (κ1) is 16.7. The van der Waals surface area contributed by atoms with Crippen molar-refractivity contribution in [3.05, 3.63) is 52.8 Å². The van der Waals surface area contributed by atoms with Crippen molar-refractivity contribution >= 4 is 16.8 Å². The molecule has 1 saturated heterocycles. The molecule has 1 N–H and O–H groups in total. The third kappa shape index (κ3) is 2.84. The van der Waals surface area contributed by atoms with Crippen molar-refractivity contribution in [2.45, 2.75) is 39.3 Å². The number of amides is 1. The average molecular weight is 352 g/mol. The summed E-state index contributed by atoms with van der Waals surface area (Å²) in [5, 5.41) is 14.8. The number of nitrogens with zero attached hydrogens (tertiary/aromatic N) is 4. The number of β-amino-alcohol motifs (C(OH)–C–C–N with tert-alkyl or cyclic N) is 1. The molecule has 134 valence electrons. The normalized spacial score (nSPS) is 20.1. The second kappa shape index (κ2) is 6.17. The molecule has 2 atom stereocenters. The molecule has 1 aliphatic heterocycles. The molecule has 4 rings (SSSR count). The standard InChI is InChI=1S/C19H20N4O3/c1-10-4-5-16-13(6-10)7-15(11(2)20-16)19(25)23-9-14(24)8-17(23)18-21-12(3)22-26-18/h4-7,14,17,24H,8-9H2,1-3H3/t14-,17-/m1/s1. The molecule has 1 amide bonds. The maximum atomic E-state index is 13.2. The van der Waals surface area contributed by atoms with Crippen molar-refractivity contribution in [3.8, 4) is 0 Å². The lowest BCUT2D eigenvalue weighted by molar-refractivity contribution is 0.0692. The van der Waals surface area contributed by atoms with Gasteiger partial charge >= 0.3 is 0 Å². The largest absolute Gasteiger partial charge is 0.391 e. The Kier molecular flexibility index (Phi) is 3.96. The Bertz CT molecular complexity index is 998. The fourth-order valence-corrected chi connectivity index (χ4v) is 3.48. The van der Waals surface area contributed by atoms with Crippen molar-refractivity contribution in [1.29, 1.82) is 0 Å². The average Bonchev–Trinajstić information content (AvgIpc) is 3.19. The van der Waals surface area contributed by atoms with E-state index in [1.165, 1.54) is 0 Å². The quantitative estimate of drug-likeness (QED) is 0.762. The van der Waals surface area contributed by atoms with E-state index < -0.39 is 12.1 Å². The van der Waals surface area contributed by atoms with E-state index in [9.17, 15) is 9.90 Å². The molecular weight excluding hydrogens is 332 g/mol. The Balaban J connectivity index is 1.74. The van der Waals surface area contributed by atoms with E-state index in [-0.39, 0.29) is 12.5 Å². The number of carbonyl (C=O) groups is 1. The smallest absolute Gasteiger partial charge is 0.256 e. The Morgan fingerprint density at radius 3 is 2.77 bits per heavy atom. The molecule has 7 heteroatoms. The van der Waals surface area contributed by atoms with E-state index in [2.05, 4.69) is 15.1 Å². The number of aryl methyl sites for hydroxylation is 3. The molecule has 0 radical (unpaired) electrons. The fourth-order valence-electron chi connectivity index (χ4n) is 3.48. The third-order valence-corrected chi connectivity index (χ3v) is 4.76. The Labute approximate surface area is 150 Å². The summed E-state index contributed by atoms with van der Waals surface area (Å²) in [7, 11) is 0. The summed E-state index contributed by atoms with van der Waals surface area (Å²) in [5.41, 5.74) is 3.15. The molecule has 3 aromatic rings. The number of hydrogen-bond acceptors (Lipinski definition) is 6. The van der Waals surface area contributed by atoms with Crippen molar-refractivity contribution < 1.29 is 14.4 Å². The molecule has 0 aliphatic carbocycles. The molecule has 2 aromatic heterocycles. The summed E-state index contributed by atoms with van der Waals surface area (Å²) < 4.78 is 5.25. The molecule has 1 aliphatic rings. The zero-order chi connectivity index (χ0) is 18.4. The first-order valence-electron chi connectivity index (χ1n) is 8.59. The van der Waals surface area contributed by atoms with Crippen LogP contribution in [0.25, 0.3) is 10.9 Å². The van der Waals surface area contributed by atoms with Crippen LogP contribution in [0.2, 0.25) is 0 Å². The number of carbonyl (C=O) groups excluding carboxylic acids is 1. The van der Waals surface area contributed by atoms with E-state index in [4.69, 9.17) is 4.52 Å². The zero-order valence-electron chi connectivity index (χ0n) is 14.9. The fraction of sp³-hybridized carbons (Fsp3) is 0.368. The molecule has 0 bridgehead atoms. The van der Waals surface area contributed by atoms with Gasteiger partial charge in [-0.1, -0.05) is 16.8 Å². The van der Waals surface area contributed by atoms with Crippen molar-refractivity contribution in [3.63, 3.8) is 0 Å². The van der Waals surface area contributed by atoms with Gasteiger partial charge in [0.2, 0.25) is 5.89 Å². The van der Waals surface area contributed by atoms with Crippen molar-refractivity contribution in [1.82, 2.24) is 20.0 Å². The van der Waals surface area contributed by atoms with E-state index in [1.807, 2.05) is 38.1 Å². The van der Waals surface area contributed by atoms with Crippen LogP contribution in [0.1, 0.15) is 45.8 Å². The minimum Gasteiger partial charge on any atom is -0.391 e. The van der Waals surface area contributed by atoms with Gasteiger partial charge in [-0.25, -0.2) is 0 Å². The molecule has 26 heavy (non-hydrogen) atoms. The highest BCUT2D eigenvalue weighted by Gasteiger charge is 2.39. The van der Waals surface area contributed by atoms with Crippen LogP contribution in [0.3, 0.4) is 0 Å². The summed E-state index contributed by atoms with van der Waals surface area (Å²) in [5.74, 6) is 0.679. The second-order valence-corrected chi connectivity index (χ2v) is 6.86. The van der Waals surface area contributed by atoms with Gasteiger partial charge < -0.3 is 14.5 Å². The van der Waals surface area contributed by atoms with E-state index in [0.29, 0.717) is 29.4 Å². The molecule has 1 aromatic carbocycles. The molecule has 1 fully saturated rings. The van der Waals surface area contributed by atoms with Crippen LogP contribution in [0, 0.1) is 20.8 Å². The van der Waals surface area contributed by atoms with Crippen LogP contribution in [-0.4, -0.2) is 43.7 Å². The number of hydrogen-bond donors (Lipinski definition) is 1. The van der Waals surface area contributed by atoms with Gasteiger partial charge in [-0.3, -0.25) is 9.78 Å². The lowest BCUT2D eigenvalue weighted by Crippen LogP contribution is -2.32. The molecule has 3 heterocycles. The number of aliphatic hydroxyl groups is 1. The molecule has 7 nitrogen and oxygen atoms in total. The van der Waals surface area contributed by atoms with Gasteiger partial charge in [0.15, 0.2) is 5.82 Å². The van der Waals surface area contributed by atoms with E-state index in [1.54, 1.807) is 11.8 Å². The van der Waals surface area contributed by atoms with Crippen LogP contribution in [0.15, 0.2) is 28.8 Å². The molecule has 0 saturated carbocycles. The predicted molar refractivity (Wildman–Crippen MR) is 94.7 cm³/mol. The van der Waals surface area contributed by atoms with Gasteiger partial charge in [-0.2, -0.15) is 4.98 Å². The number of fused-ring (bicyclic) bond motifs is 1. The lowest BCUT2D eigenvalue weighted by Gasteiger charge is -2.22. The SMILES string of the molecule is Cc1ccc2nc(C)c(C(=O)N3C[C@H](O)C[C@@H]3c3nc(C)no3)cc2c1. The van der Waals surface area contributed by atoms with Crippen LogP contribution in [0.4, 0.5) is 0 Å². The van der Waals surface area contributed by atoms with Gasteiger partial charge in [-0.05, 0) is 39.0 Å². The third-order valence-electron chi connectivity index (χ3n) is 4.76. The first-order valence-corrected chi connectivity index (χ1v) is 8.59. The topological polar surface area (TPSA) is 92.4 Å². The number of rotatable bonds is 2. The molecule has 0 unspecified atom stereocenters. The zero-order valence-corrected chi connectivity index (χ0v) is 14.9. The van der Waals surface area contributed by atoms with Gasteiger partial charge in [0.1, 0.15) is 6.04 Å². The highest BCUT2D eigenvalue weighted by atomic mass is 16.5. The number of benzene rings is 1. The second-order valence-electron chi connectivity index (χ2n) is 6.86. The van der Waals surface area contributed by atoms with Crippen LogP contribution < -0.4 is 0 Å². The van der Waals surface area contributed by atoms with E-state index in [0.717, 1.165) is 16.5 Å². The molecule has 0 spiro atoms. The summed E-state index contributed by atoms with van der Waals surface area (Å²) in [6.45, 7) is 5.79. The van der Waals surface area contributed by atoms with Crippen LogP contribution in [-0.2, 0) is 0 Å². The Hall–Kier alpha value is -2.80. The first-order chi connectivity index (χ1) is 12.4. The Morgan fingerprint density at radius 1 is 1.23 bits per heavy atom. The van der Waals surface area contributed by atoms with Gasteiger partial charge in [0, 0.05) is 18.4 Å². The number of pyridine rings is 1. The lowest BCUT2D eigenvalue weighted by atomic mass is 10.1. The monoisotopic (exact) mass is 352 g/mol. The highest BCUT2D eigenvalue weighted by molar-refractivity contribution is 5.99. The minimum absolute atomic E-state index is 0.184. The number of aliphatic hydroxyl groups excluding tert-OH is 1. The van der Waals surface area contributed by atoms with Crippen molar-refractivity contribution in [2.24, 2.45) is 0 Å². The summed E-state index contributed by atoms with van der Waals surface area (Å²) in [6.07, 6.45) is -0.237.